The minimum Gasteiger partial charge on any atom is -0.326 e. The summed E-state index contributed by atoms with van der Waals surface area (Å²) >= 11 is 2.98. The molecule has 0 spiro atoms. The molecule has 1 aromatic heterocycles. The Kier molecular flexibility index (Phi) is 4.71. The molecule has 7 heteroatoms. The number of rotatable bonds is 5. The van der Waals surface area contributed by atoms with Gasteiger partial charge < -0.3 is 5.73 Å². The summed E-state index contributed by atoms with van der Waals surface area (Å²) in [5.74, 6) is 0. The smallest absolute Gasteiger partial charge is 0.250 e. The second kappa shape index (κ2) is 5.92. The average Bonchev–Trinajstić information content (AvgIpc) is 2.96. The molecule has 0 saturated heterocycles. The maximum Gasteiger partial charge on any atom is 0.250 e. The van der Waals surface area contributed by atoms with Crippen LogP contribution in [-0.4, -0.2) is 26.0 Å². The van der Waals surface area contributed by atoms with Crippen molar-refractivity contribution in [2.24, 2.45) is 5.73 Å². The van der Waals surface area contributed by atoms with Gasteiger partial charge in [-0.15, -0.1) is 11.3 Å². The Morgan fingerprint density at radius 2 is 2.33 bits per heavy atom. The molecule has 1 aliphatic rings. The number of hydrogen-bond donors (Lipinski definition) is 2. The fraction of sp³-hybridized carbons (Fsp3) is 0.636. The van der Waals surface area contributed by atoms with E-state index in [0.717, 1.165) is 24.8 Å². The molecule has 4 nitrogen and oxygen atoms in total. The fourth-order valence-corrected chi connectivity index (χ4v) is 5.77. The Morgan fingerprint density at radius 3 is 2.94 bits per heavy atom. The molecule has 1 saturated carbocycles. The molecular formula is C11H18N2O2S3. The molecule has 1 heterocycles. The van der Waals surface area contributed by atoms with Crippen LogP contribution in [-0.2, 0) is 16.6 Å². The summed E-state index contributed by atoms with van der Waals surface area (Å²) in [7, 11) is -3.38. The van der Waals surface area contributed by atoms with E-state index in [1.165, 1.54) is 11.3 Å². The van der Waals surface area contributed by atoms with Crippen LogP contribution < -0.4 is 10.5 Å². The standard InChI is InChI=1S/C11H18N2O2S3/c1-16-10-4-2-3-9(10)13-18(14,15)11-5-8(6-12)7-17-11/h5,7,9-10,13H,2-4,6,12H2,1H3. The van der Waals surface area contributed by atoms with E-state index < -0.39 is 10.0 Å². The molecule has 3 N–H and O–H groups in total. The van der Waals surface area contributed by atoms with Gasteiger partial charge in [0, 0.05) is 17.8 Å². The van der Waals surface area contributed by atoms with Gasteiger partial charge in [-0.3, -0.25) is 0 Å². The number of sulfonamides is 1. The third-order valence-electron chi connectivity index (χ3n) is 3.19. The van der Waals surface area contributed by atoms with Gasteiger partial charge in [0.25, 0.3) is 0 Å². The summed E-state index contributed by atoms with van der Waals surface area (Å²) in [6.07, 6.45) is 5.15. The molecule has 0 amide bonds. The number of hydrogen-bond acceptors (Lipinski definition) is 5. The van der Waals surface area contributed by atoms with Crippen molar-refractivity contribution in [1.82, 2.24) is 4.72 Å². The van der Waals surface area contributed by atoms with Crippen molar-refractivity contribution in [3.05, 3.63) is 17.0 Å². The molecule has 0 bridgehead atoms. The molecular weight excluding hydrogens is 288 g/mol. The molecule has 1 aliphatic carbocycles. The largest absolute Gasteiger partial charge is 0.326 e. The molecule has 1 aromatic rings. The highest BCUT2D eigenvalue weighted by Crippen LogP contribution is 2.30. The quantitative estimate of drug-likeness (QED) is 0.869. The number of thioether (sulfide) groups is 1. The van der Waals surface area contributed by atoms with Crippen LogP contribution in [0.15, 0.2) is 15.7 Å². The van der Waals surface area contributed by atoms with Gasteiger partial charge >= 0.3 is 0 Å². The summed E-state index contributed by atoms with van der Waals surface area (Å²) < 4.78 is 27.7. The van der Waals surface area contributed by atoms with E-state index in [1.807, 2.05) is 6.26 Å². The van der Waals surface area contributed by atoms with Gasteiger partial charge in [-0.1, -0.05) is 6.42 Å². The van der Waals surface area contributed by atoms with Crippen LogP contribution >= 0.6 is 23.1 Å². The minimum atomic E-state index is -3.38. The average molecular weight is 306 g/mol. The van der Waals surface area contributed by atoms with Crippen LogP contribution in [0.3, 0.4) is 0 Å². The van der Waals surface area contributed by atoms with Gasteiger partial charge in [0.15, 0.2) is 0 Å². The van der Waals surface area contributed by atoms with Gasteiger partial charge in [0.2, 0.25) is 10.0 Å². The van der Waals surface area contributed by atoms with Crippen molar-refractivity contribution in [2.45, 2.75) is 41.3 Å². The summed E-state index contributed by atoms with van der Waals surface area (Å²) in [6.45, 7) is 0.378. The number of thiophene rings is 1. The first-order valence-electron chi connectivity index (χ1n) is 5.89. The van der Waals surface area contributed by atoms with Crippen molar-refractivity contribution in [2.75, 3.05) is 6.26 Å². The normalized spacial score (nSPS) is 24.6. The van der Waals surface area contributed by atoms with Crippen LogP contribution in [0.25, 0.3) is 0 Å². The van der Waals surface area contributed by atoms with E-state index in [4.69, 9.17) is 5.73 Å². The lowest BCUT2D eigenvalue weighted by molar-refractivity contribution is 0.557. The number of nitrogens with one attached hydrogen (secondary N) is 1. The van der Waals surface area contributed by atoms with E-state index in [0.29, 0.717) is 16.0 Å². The lowest BCUT2D eigenvalue weighted by Gasteiger charge is -2.18. The Morgan fingerprint density at radius 1 is 1.56 bits per heavy atom. The van der Waals surface area contributed by atoms with Gasteiger partial charge in [-0.2, -0.15) is 11.8 Å². The van der Waals surface area contributed by atoms with Crippen molar-refractivity contribution in [3.8, 4) is 0 Å². The summed E-state index contributed by atoms with van der Waals surface area (Å²) in [5, 5.41) is 2.20. The predicted octanol–water partition coefficient (Wildman–Crippen LogP) is 1.77. The maximum atomic E-state index is 12.2. The summed E-state index contributed by atoms with van der Waals surface area (Å²) in [4.78, 5) is 0. The molecule has 0 aromatic carbocycles. The van der Waals surface area contributed by atoms with Gasteiger partial charge in [-0.05, 0) is 36.1 Å². The first kappa shape index (κ1) is 14.3. The first-order chi connectivity index (χ1) is 8.56. The Balaban J connectivity index is 2.11. The van der Waals surface area contributed by atoms with E-state index in [2.05, 4.69) is 4.72 Å². The second-order valence-corrected chi connectivity index (χ2v) is 8.34. The van der Waals surface area contributed by atoms with Crippen LogP contribution in [0.2, 0.25) is 0 Å². The Bertz CT molecular complexity index is 498. The zero-order valence-electron chi connectivity index (χ0n) is 10.3. The topological polar surface area (TPSA) is 72.2 Å². The summed E-state index contributed by atoms with van der Waals surface area (Å²) in [6, 6.07) is 1.73. The van der Waals surface area contributed by atoms with Gasteiger partial charge in [-0.25, -0.2) is 13.1 Å². The van der Waals surface area contributed by atoms with Crippen molar-refractivity contribution >= 4 is 33.1 Å². The lowest BCUT2D eigenvalue weighted by atomic mass is 10.3. The van der Waals surface area contributed by atoms with Crippen LogP contribution in [0.1, 0.15) is 24.8 Å². The van der Waals surface area contributed by atoms with Crippen LogP contribution in [0.5, 0.6) is 0 Å². The van der Waals surface area contributed by atoms with Crippen molar-refractivity contribution < 1.29 is 8.42 Å². The van der Waals surface area contributed by atoms with E-state index in [-0.39, 0.29) is 6.04 Å². The molecule has 0 aliphatic heterocycles. The fourth-order valence-electron chi connectivity index (χ4n) is 2.20. The van der Waals surface area contributed by atoms with E-state index >= 15 is 0 Å². The first-order valence-corrected chi connectivity index (χ1v) is 9.54. The lowest BCUT2D eigenvalue weighted by Crippen LogP contribution is -2.38. The molecule has 2 atom stereocenters. The summed E-state index contributed by atoms with van der Waals surface area (Å²) in [5.41, 5.74) is 6.37. The highest BCUT2D eigenvalue weighted by Gasteiger charge is 2.31. The van der Waals surface area contributed by atoms with E-state index in [1.54, 1.807) is 23.2 Å². The maximum absolute atomic E-state index is 12.2. The van der Waals surface area contributed by atoms with Gasteiger partial charge in [0.1, 0.15) is 4.21 Å². The van der Waals surface area contributed by atoms with Gasteiger partial charge in [0.05, 0.1) is 0 Å². The molecule has 1 fully saturated rings. The SMILES string of the molecule is CSC1CCCC1NS(=O)(=O)c1cc(CN)cs1. The third kappa shape index (κ3) is 3.08. The minimum absolute atomic E-state index is 0.0634. The van der Waals surface area contributed by atoms with Crippen molar-refractivity contribution in [3.63, 3.8) is 0 Å². The Labute approximate surface area is 116 Å². The van der Waals surface area contributed by atoms with Crippen LogP contribution in [0, 0.1) is 0 Å². The monoisotopic (exact) mass is 306 g/mol. The highest BCUT2D eigenvalue weighted by atomic mass is 32.2. The predicted molar refractivity (Wildman–Crippen MR) is 77.5 cm³/mol. The zero-order valence-corrected chi connectivity index (χ0v) is 12.7. The van der Waals surface area contributed by atoms with E-state index in [9.17, 15) is 8.42 Å². The second-order valence-electron chi connectivity index (χ2n) is 4.41. The molecule has 102 valence electrons. The molecule has 0 radical (unpaired) electrons. The Hall–Kier alpha value is -0.0800. The molecule has 18 heavy (non-hydrogen) atoms. The molecule has 2 unspecified atom stereocenters. The van der Waals surface area contributed by atoms with Crippen LogP contribution in [0.4, 0.5) is 0 Å². The zero-order chi connectivity index (χ0) is 13.2. The third-order valence-corrected chi connectivity index (χ3v) is 7.34. The highest BCUT2D eigenvalue weighted by molar-refractivity contribution is 7.99. The molecule has 2 rings (SSSR count). The van der Waals surface area contributed by atoms with Crippen molar-refractivity contribution in [1.29, 1.82) is 0 Å². The number of nitrogens with two attached hydrogens (primary N) is 1.